The molecule has 26 heavy (non-hydrogen) atoms. The molecule has 1 unspecified atom stereocenters. The molecule has 0 spiro atoms. The molecule has 0 bridgehead atoms. The van der Waals surface area contributed by atoms with Crippen LogP contribution in [0.2, 0.25) is 0 Å². The van der Waals surface area contributed by atoms with E-state index in [9.17, 15) is 13.6 Å². The third kappa shape index (κ3) is 5.51. The summed E-state index contributed by atoms with van der Waals surface area (Å²) in [5.74, 6) is -0.172. The minimum absolute atomic E-state index is 0. The SMILES string of the molecule is Cl.O=C(CCC1CCNC1)NC(c1ccc(F)cc1)c1ccc(F)cc1. The normalized spacial score (nSPS) is 16.3. The molecule has 3 nitrogen and oxygen atoms in total. The van der Waals surface area contributed by atoms with Gasteiger partial charge in [-0.05, 0) is 67.2 Å². The molecule has 0 aromatic heterocycles. The minimum Gasteiger partial charge on any atom is -0.345 e. The van der Waals surface area contributed by atoms with Gasteiger partial charge in [-0.1, -0.05) is 24.3 Å². The van der Waals surface area contributed by atoms with Gasteiger partial charge in [-0.2, -0.15) is 0 Å². The van der Waals surface area contributed by atoms with Crippen LogP contribution < -0.4 is 10.6 Å². The molecule has 1 heterocycles. The zero-order valence-corrected chi connectivity index (χ0v) is 15.2. The second kappa shape index (κ2) is 9.64. The van der Waals surface area contributed by atoms with Crippen LogP contribution in [-0.4, -0.2) is 19.0 Å². The Bertz CT molecular complexity index is 655. The summed E-state index contributed by atoms with van der Waals surface area (Å²) in [7, 11) is 0. The lowest BCUT2D eigenvalue weighted by Crippen LogP contribution is -2.29. The minimum atomic E-state index is -0.421. The topological polar surface area (TPSA) is 41.1 Å². The van der Waals surface area contributed by atoms with E-state index in [4.69, 9.17) is 0 Å². The number of amides is 1. The lowest BCUT2D eigenvalue weighted by Gasteiger charge is -2.20. The molecule has 1 atom stereocenters. The highest BCUT2D eigenvalue weighted by Crippen LogP contribution is 2.23. The van der Waals surface area contributed by atoms with Gasteiger partial charge in [0.25, 0.3) is 0 Å². The van der Waals surface area contributed by atoms with Crippen LogP contribution in [0.1, 0.15) is 36.4 Å². The van der Waals surface area contributed by atoms with E-state index in [0.29, 0.717) is 12.3 Å². The van der Waals surface area contributed by atoms with E-state index >= 15 is 0 Å². The molecular formula is C20H23ClF2N2O. The monoisotopic (exact) mass is 380 g/mol. The molecular weight excluding hydrogens is 358 g/mol. The van der Waals surface area contributed by atoms with Gasteiger partial charge in [0.15, 0.2) is 0 Å². The Morgan fingerprint density at radius 2 is 1.58 bits per heavy atom. The molecule has 1 fully saturated rings. The highest BCUT2D eigenvalue weighted by Gasteiger charge is 2.19. The van der Waals surface area contributed by atoms with E-state index in [1.54, 1.807) is 24.3 Å². The summed E-state index contributed by atoms with van der Waals surface area (Å²) in [6.45, 7) is 1.98. The van der Waals surface area contributed by atoms with Crippen molar-refractivity contribution in [2.45, 2.75) is 25.3 Å². The first-order valence-corrected chi connectivity index (χ1v) is 8.63. The number of carbonyl (C=O) groups is 1. The number of rotatable bonds is 6. The van der Waals surface area contributed by atoms with Gasteiger partial charge in [0.1, 0.15) is 11.6 Å². The van der Waals surface area contributed by atoms with Gasteiger partial charge in [0.2, 0.25) is 5.91 Å². The number of hydrogen-bond acceptors (Lipinski definition) is 2. The van der Waals surface area contributed by atoms with E-state index in [1.165, 1.54) is 24.3 Å². The summed E-state index contributed by atoms with van der Waals surface area (Å²) in [5.41, 5.74) is 1.53. The molecule has 2 aromatic carbocycles. The van der Waals surface area contributed by atoms with Crippen LogP contribution in [0, 0.1) is 17.6 Å². The quantitative estimate of drug-likeness (QED) is 0.795. The number of hydrogen-bond donors (Lipinski definition) is 2. The number of benzene rings is 2. The number of carbonyl (C=O) groups excluding carboxylic acids is 1. The molecule has 2 N–H and O–H groups in total. The predicted octanol–water partition coefficient (Wildman–Crippen LogP) is 3.98. The summed E-state index contributed by atoms with van der Waals surface area (Å²) in [5, 5.41) is 6.30. The van der Waals surface area contributed by atoms with Crippen molar-refractivity contribution in [1.82, 2.24) is 10.6 Å². The summed E-state index contributed by atoms with van der Waals surface area (Å²) in [6.07, 6.45) is 2.40. The number of nitrogens with one attached hydrogen (secondary N) is 2. The van der Waals surface area contributed by atoms with Gasteiger partial charge in [0.05, 0.1) is 6.04 Å². The van der Waals surface area contributed by atoms with E-state index < -0.39 is 6.04 Å². The van der Waals surface area contributed by atoms with Crippen molar-refractivity contribution in [2.75, 3.05) is 13.1 Å². The predicted molar refractivity (Wildman–Crippen MR) is 100 cm³/mol. The molecule has 1 aliphatic heterocycles. The second-order valence-corrected chi connectivity index (χ2v) is 6.50. The van der Waals surface area contributed by atoms with Crippen LogP contribution >= 0.6 is 12.4 Å². The Morgan fingerprint density at radius 1 is 1.04 bits per heavy atom. The van der Waals surface area contributed by atoms with Crippen molar-refractivity contribution >= 4 is 18.3 Å². The Morgan fingerprint density at radius 3 is 2.04 bits per heavy atom. The first-order valence-electron chi connectivity index (χ1n) is 8.63. The zero-order chi connectivity index (χ0) is 17.6. The van der Waals surface area contributed by atoms with E-state index in [1.807, 2.05) is 0 Å². The second-order valence-electron chi connectivity index (χ2n) is 6.50. The summed E-state index contributed by atoms with van der Waals surface area (Å²) in [4.78, 5) is 12.4. The zero-order valence-electron chi connectivity index (χ0n) is 14.4. The van der Waals surface area contributed by atoms with Gasteiger partial charge in [-0.25, -0.2) is 8.78 Å². The summed E-state index contributed by atoms with van der Waals surface area (Å²) in [6, 6.07) is 11.6. The van der Waals surface area contributed by atoms with Gasteiger partial charge in [-0.15, -0.1) is 12.4 Å². The van der Waals surface area contributed by atoms with E-state index in [0.717, 1.165) is 37.1 Å². The fraction of sp³-hybridized carbons (Fsp3) is 0.350. The Balaban J connectivity index is 0.00000243. The molecule has 140 valence electrons. The maximum absolute atomic E-state index is 13.2. The molecule has 1 saturated heterocycles. The van der Waals surface area contributed by atoms with E-state index in [2.05, 4.69) is 10.6 Å². The fourth-order valence-electron chi connectivity index (χ4n) is 3.20. The van der Waals surface area contributed by atoms with Gasteiger partial charge < -0.3 is 10.6 Å². The molecule has 2 aromatic rings. The number of halogens is 3. The van der Waals surface area contributed by atoms with E-state index in [-0.39, 0.29) is 29.9 Å². The molecule has 6 heteroatoms. The molecule has 1 amide bonds. The third-order valence-electron chi connectivity index (χ3n) is 4.65. The van der Waals surface area contributed by atoms with Crippen molar-refractivity contribution in [3.05, 3.63) is 71.3 Å². The fourth-order valence-corrected chi connectivity index (χ4v) is 3.20. The first-order chi connectivity index (χ1) is 12.1. The summed E-state index contributed by atoms with van der Waals surface area (Å²) >= 11 is 0. The van der Waals surface area contributed by atoms with Crippen LogP contribution in [0.25, 0.3) is 0 Å². The van der Waals surface area contributed by atoms with Crippen LogP contribution in [-0.2, 0) is 4.79 Å². The Kier molecular flexibility index (Phi) is 7.54. The molecule has 1 aliphatic rings. The van der Waals surface area contributed by atoms with Crippen LogP contribution in [0.3, 0.4) is 0 Å². The van der Waals surface area contributed by atoms with Gasteiger partial charge in [-0.3, -0.25) is 4.79 Å². The standard InChI is InChI=1S/C20H22F2N2O.ClH/c21-17-6-2-15(3-7-17)20(16-4-8-18(22)9-5-16)24-19(25)10-1-14-11-12-23-13-14;/h2-9,14,20,23H,1,10-13H2,(H,24,25);1H. The van der Waals surface area contributed by atoms with Crippen molar-refractivity contribution in [3.8, 4) is 0 Å². The van der Waals surface area contributed by atoms with Crippen LogP contribution in [0.5, 0.6) is 0 Å². The Labute approximate surface area is 158 Å². The highest BCUT2D eigenvalue weighted by molar-refractivity contribution is 5.85. The van der Waals surface area contributed by atoms with Gasteiger partial charge in [0, 0.05) is 6.42 Å². The molecule has 0 saturated carbocycles. The molecule has 0 radical (unpaired) electrons. The molecule has 0 aliphatic carbocycles. The van der Waals surface area contributed by atoms with Crippen LogP contribution in [0.15, 0.2) is 48.5 Å². The third-order valence-corrected chi connectivity index (χ3v) is 4.65. The Hall–Kier alpha value is -1.98. The van der Waals surface area contributed by atoms with Crippen molar-refractivity contribution < 1.29 is 13.6 Å². The largest absolute Gasteiger partial charge is 0.345 e. The first kappa shape index (κ1) is 20.3. The average molecular weight is 381 g/mol. The van der Waals surface area contributed by atoms with Gasteiger partial charge >= 0.3 is 0 Å². The molecule has 3 rings (SSSR count). The maximum atomic E-state index is 13.2. The van der Waals surface area contributed by atoms with Crippen molar-refractivity contribution in [3.63, 3.8) is 0 Å². The van der Waals surface area contributed by atoms with Crippen molar-refractivity contribution in [1.29, 1.82) is 0 Å². The lowest BCUT2D eigenvalue weighted by molar-refractivity contribution is -0.121. The van der Waals surface area contributed by atoms with Crippen LogP contribution in [0.4, 0.5) is 8.78 Å². The maximum Gasteiger partial charge on any atom is 0.220 e. The average Bonchev–Trinajstić information content (AvgIpc) is 3.13. The van der Waals surface area contributed by atoms with Crippen molar-refractivity contribution in [2.24, 2.45) is 5.92 Å². The highest BCUT2D eigenvalue weighted by atomic mass is 35.5. The summed E-state index contributed by atoms with van der Waals surface area (Å²) < 4.78 is 26.4. The lowest BCUT2D eigenvalue weighted by atomic mass is 9.97. The smallest absolute Gasteiger partial charge is 0.220 e.